The summed E-state index contributed by atoms with van der Waals surface area (Å²) in [5.41, 5.74) is 0.444. The van der Waals surface area contributed by atoms with E-state index in [-0.39, 0.29) is 26.5 Å². The minimum Gasteiger partial charge on any atom is -0.504 e. The fourth-order valence-corrected chi connectivity index (χ4v) is 3.10. The topological polar surface area (TPSA) is 129 Å². The summed E-state index contributed by atoms with van der Waals surface area (Å²) in [7, 11) is 0. The van der Waals surface area contributed by atoms with Crippen LogP contribution in [0.25, 0.3) is 6.08 Å². The number of hydrogen-bond acceptors (Lipinski definition) is 9. The van der Waals surface area contributed by atoms with Crippen molar-refractivity contribution in [2.75, 3.05) is 0 Å². The van der Waals surface area contributed by atoms with Crippen LogP contribution in [0.5, 0.6) is 11.5 Å². The van der Waals surface area contributed by atoms with Gasteiger partial charge in [-0.25, -0.2) is 0 Å². The lowest BCUT2D eigenvalue weighted by atomic mass is 10.2. The number of thioether (sulfide) groups is 1. The lowest BCUT2D eigenvalue weighted by molar-refractivity contribution is -0.402. The molecule has 1 aromatic heterocycles. The number of rotatable bonds is 4. The number of phenols is 2. The number of hydrazone groups is 1. The van der Waals surface area contributed by atoms with E-state index in [1.165, 1.54) is 42.6 Å². The molecule has 26 heavy (non-hydrogen) atoms. The number of amides is 1. The maximum absolute atomic E-state index is 12.4. The predicted molar refractivity (Wildman–Crippen MR) is 97.7 cm³/mol. The highest BCUT2D eigenvalue weighted by molar-refractivity contribution is 8.26. The van der Waals surface area contributed by atoms with Gasteiger partial charge in [0.1, 0.15) is 10.7 Å². The highest BCUT2D eigenvalue weighted by Crippen LogP contribution is 2.33. The molecule has 0 radical (unpaired) electrons. The summed E-state index contributed by atoms with van der Waals surface area (Å²) in [4.78, 5) is 22.5. The van der Waals surface area contributed by atoms with Crippen molar-refractivity contribution in [2.45, 2.75) is 0 Å². The van der Waals surface area contributed by atoms with Crippen molar-refractivity contribution >= 4 is 52.4 Å². The third-order valence-corrected chi connectivity index (χ3v) is 4.44. The monoisotopic (exact) mass is 391 g/mol. The molecule has 2 heterocycles. The van der Waals surface area contributed by atoms with Crippen LogP contribution in [0.15, 0.2) is 44.8 Å². The molecule has 0 aliphatic carbocycles. The van der Waals surface area contributed by atoms with Gasteiger partial charge in [-0.05, 0) is 42.0 Å². The largest absolute Gasteiger partial charge is 0.504 e. The van der Waals surface area contributed by atoms with Gasteiger partial charge in [-0.15, -0.1) is 0 Å². The predicted octanol–water partition coefficient (Wildman–Crippen LogP) is 2.83. The van der Waals surface area contributed by atoms with Gasteiger partial charge in [0.2, 0.25) is 0 Å². The second-order valence-corrected chi connectivity index (χ2v) is 6.60. The van der Waals surface area contributed by atoms with Crippen LogP contribution < -0.4 is 0 Å². The fourth-order valence-electron chi connectivity index (χ4n) is 1.95. The first kappa shape index (κ1) is 17.6. The Morgan fingerprint density at radius 2 is 2.04 bits per heavy atom. The van der Waals surface area contributed by atoms with Crippen molar-refractivity contribution in [3.05, 3.63) is 56.7 Å². The molecular weight excluding hydrogens is 382 g/mol. The first-order valence-corrected chi connectivity index (χ1v) is 8.16. The summed E-state index contributed by atoms with van der Waals surface area (Å²) in [6, 6.07) is 6.60. The Labute approximate surface area is 155 Å². The number of thiocarbonyl (C=S) groups is 1. The van der Waals surface area contributed by atoms with Crippen molar-refractivity contribution in [1.82, 2.24) is 5.01 Å². The number of phenolic OH excluding ortho intramolecular Hbond substituents is 2. The van der Waals surface area contributed by atoms with Gasteiger partial charge in [-0.3, -0.25) is 14.9 Å². The van der Waals surface area contributed by atoms with E-state index in [0.717, 1.165) is 16.8 Å². The summed E-state index contributed by atoms with van der Waals surface area (Å²) in [5.74, 6) is -1.40. The summed E-state index contributed by atoms with van der Waals surface area (Å²) >= 11 is 6.08. The van der Waals surface area contributed by atoms with Crippen LogP contribution in [0.3, 0.4) is 0 Å². The average Bonchev–Trinajstić information content (AvgIpc) is 3.15. The molecule has 1 aliphatic rings. The highest BCUT2D eigenvalue weighted by atomic mass is 32.2. The fraction of sp³-hybridized carbons (Fsp3) is 0. The van der Waals surface area contributed by atoms with E-state index in [4.69, 9.17) is 16.6 Å². The molecule has 1 amide bonds. The molecule has 1 saturated heterocycles. The zero-order chi connectivity index (χ0) is 18.8. The van der Waals surface area contributed by atoms with Crippen LogP contribution in [-0.4, -0.2) is 36.6 Å². The third-order valence-electron chi connectivity index (χ3n) is 3.16. The van der Waals surface area contributed by atoms with E-state index >= 15 is 0 Å². The number of hydrogen-bond donors (Lipinski definition) is 2. The minimum absolute atomic E-state index is 0.143. The minimum atomic E-state index is -0.681. The molecule has 9 nitrogen and oxygen atoms in total. The SMILES string of the molecule is O=C1/C(=C\c2ccc([N+](=O)[O-])o2)SC(=S)N1/N=C/c1ccc(O)c(O)c1. The summed E-state index contributed by atoms with van der Waals surface area (Å²) in [5, 5.41) is 34.3. The summed E-state index contributed by atoms with van der Waals surface area (Å²) < 4.78 is 5.15. The van der Waals surface area contributed by atoms with Crippen molar-refractivity contribution < 1.29 is 24.3 Å². The lowest BCUT2D eigenvalue weighted by Gasteiger charge is -2.06. The number of nitro groups is 1. The number of furan rings is 1. The van der Waals surface area contributed by atoms with Crippen LogP contribution in [0.1, 0.15) is 11.3 Å². The Morgan fingerprint density at radius 1 is 1.27 bits per heavy atom. The van der Waals surface area contributed by atoms with E-state index in [9.17, 15) is 25.1 Å². The zero-order valence-electron chi connectivity index (χ0n) is 12.7. The molecule has 2 aromatic rings. The second-order valence-electron chi connectivity index (χ2n) is 4.92. The van der Waals surface area contributed by atoms with E-state index in [1.807, 2.05) is 0 Å². The Kier molecular flexibility index (Phi) is 4.73. The molecule has 0 bridgehead atoms. The van der Waals surface area contributed by atoms with Gasteiger partial charge in [0.05, 0.1) is 17.2 Å². The van der Waals surface area contributed by atoms with Gasteiger partial charge in [-0.1, -0.05) is 11.8 Å². The maximum atomic E-state index is 12.4. The van der Waals surface area contributed by atoms with Gasteiger partial charge in [0.25, 0.3) is 5.91 Å². The van der Waals surface area contributed by atoms with Crippen molar-refractivity contribution in [1.29, 1.82) is 0 Å². The number of carbonyl (C=O) groups excluding carboxylic acids is 1. The molecule has 2 N–H and O–H groups in total. The summed E-state index contributed by atoms with van der Waals surface area (Å²) in [6.45, 7) is 0. The zero-order valence-corrected chi connectivity index (χ0v) is 14.4. The van der Waals surface area contributed by atoms with Crippen molar-refractivity contribution in [3.8, 4) is 11.5 Å². The van der Waals surface area contributed by atoms with Gasteiger partial charge >= 0.3 is 5.88 Å². The third kappa shape index (κ3) is 3.58. The first-order chi connectivity index (χ1) is 12.3. The molecular formula is C15H9N3O6S2. The second kappa shape index (κ2) is 6.98. The van der Waals surface area contributed by atoms with E-state index in [2.05, 4.69) is 5.10 Å². The summed E-state index contributed by atoms with van der Waals surface area (Å²) in [6.07, 6.45) is 2.64. The number of nitrogens with zero attached hydrogens (tertiary/aromatic N) is 3. The van der Waals surface area contributed by atoms with Crippen molar-refractivity contribution in [3.63, 3.8) is 0 Å². The van der Waals surface area contributed by atoms with Crippen LogP contribution >= 0.6 is 24.0 Å². The van der Waals surface area contributed by atoms with Gasteiger partial charge in [0, 0.05) is 6.08 Å². The molecule has 0 atom stereocenters. The van der Waals surface area contributed by atoms with Crippen LogP contribution in [0.2, 0.25) is 0 Å². The number of benzene rings is 1. The molecule has 132 valence electrons. The van der Waals surface area contributed by atoms with Gasteiger partial charge in [-0.2, -0.15) is 10.1 Å². The molecule has 1 aromatic carbocycles. The van der Waals surface area contributed by atoms with Crippen LogP contribution in [0, 0.1) is 10.1 Å². The Bertz CT molecular complexity index is 982. The van der Waals surface area contributed by atoms with Crippen LogP contribution in [0.4, 0.5) is 5.88 Å². The maximum Gasteiger partial charge on any atom is 0.433 e. The lowest BCUT2D eigenvalue weighted by Crippen LogP contribution is -2.22. The normalized spacial score (nSPS) is 16.2. The van der Waals surface area contributed by atoms with E-state index in [0.29, 0.717) is 5.56 Å². The molecule has 11 heteroatoms. The van der Waals surface area contributed by atoms with E-state index in [1.54, 1.807) is 0 Å². The first-order valence-electron chi connectivity index (χ1n) is 6.93. The van der Waals surface area contributed by atoms with E-state index < -0.39 is 16.7 Å². The molecule has 0 spiro atoms. The van der Waals surface area contributed by atoms with Crippen LogP contribution in [-0.2, 0) is 4.79 Å². The Balaban J connectivity index is 1.79. The molecule has 3 rings (SSSR count). The standard InChI is InChI=1S/C15H9N3O6S2/c19-10-3-1-8(5-11(10)20)7-16-17-14(21)12(26-15(17)25)6-9-2-4-13(24-9)18(22)23/h1-7,19-20H/b12-6+,16-7+. The molecule has 0 unspecified atom stereocenters. The molecule has 0 saturated carbocycles. The number of carbonyl (C=O) groups is 1. The highest BCUT2D eigenvalue weighted by Gasteiger charge is 2.32. The Hall–Kier alpha value is -3.18. The van der Waals surface area contributed by atoms with Gasteiger partial charge < -0.3 is 14.6 Å². The Morgan fingerprint density at radius 3 is 2.69 bits per heavy atom. The molecule has 1 fully saturated rings. The average molecular weight is 391 g/mol. The smallest absolute Gasteiger partial charge is 0.433 e. The van der Waals surface area contributed by atoms with Gasteiger partial charge in [0.15, 0.2) is 15.8 Å². The van der Waals surface area contributed by atoms with Crippen molar-refractivity contribution in [2.24, 2.45) is 5.10 Å². The number of aromatic hydroxyl groups is 2. The quantitative estimate of drug-likeness (QED) is 0.203. The molecule has 1 aliphatic heterocycles.